The van der Waals surface area contributed by atoms with Gasteiger partial charge in [0.25, 0.3) is 5.91 Å². The molecule has 0 saturated heterocycles. The lowest BCUT2D eigenvalue weighted by atomic mass is 10.1. The summed E-state index contributed by atoms with van der Waals surface area (Å²) in [4.78, 5) is 11.8. The Hall–Kier alpha value is -2.23. The number of rotatable bonds is 2. The van der Waals surface area contributed by atoms with Crippen molar-refractivity contribution in [1.29, 1.82) is 0 Å². The summed E-state index contributed by atoms with van der Waals surface area (Å²) in [7, 11) is 0. The molecule has 1 amide bonds. The summed E-state index contributed by atoms with van der Waals surface area (Å²) in [5.74, 6) is -2.84. The zero-order valence-corrected chi connectivity index (χ0v) is 9.71. The molecule has 1 N–H and O–H groups in total. The molecule has 0 fully saturated rings. The molecule has 0 saturated carbocycles. The normalized spacial score (nSPS) is 10.2. The fourth-order valence-electron chi connectivity index (χ4n) is 1.58. The van der Waals surface area contributed by atoms with E-state index in [1.54, 1.807) is 12.1 Å². The first-order valence-corrected chi connectivity index (χ1v) is 5.40. The van der Waals surface area contributed by atoms with Crippen molar-refractivity contribution in [2.24, 2.45) is 0 Å². The lowest BCUT2D eigenvalue weighted by molar-refractivity contribution is 0.102. The minimum atomic E-state index is -1.14. The Balaban J connectivity index is 2.28. The van der Waals surface area contributed by atoms with Gasteiger partial charge in [0.1, 0.15) is 0 Å². The van der Waals surface area contributed by atoms with Gasteiger partial charge in [0.2, 0.25) is 0 Å². The predicted molar refractivity (Wildman–Crippen MR) is 65.5 cm³/mol. The lowest BCUT2D eigenvalue weighted by Gasteiger charge is -2.08. The van der Waals surface area contributed by atoms with Crippen molar-refractivity contribution in [3.05, 3.63) is 65.2 Å². The van der Waals surface area contributed by atoms with Gasteiger partial charge in [-0.15, -0.1) is 0 Å². The molecule has 0 unspecified atom stereocenters. The zero-order valence-electron chi connectivity index (χ0n) is 9.71. The fourth-order valence-corrected chi connectivity index (χ4v) is 1.58. The van der Waals surface area contributed by atoms with Crippen LogP contribution in [0.25, 0.3) is 0 Å². The SMILES string of the molecule is Cc1ccccc1NC(=O)c1cccc(F)c1F. The van der Waals surface area contributed by atoms with Crippen LogP contribution in [0.3, 0.4) is 0 Å². The van der Waals surface area contributed by atoms with Crippen LogP contribution in [0, 0.1) is 18.6 Å². The molecule has 2 nitrogen and oxygen atoms in total. The van der Waals surface area contributed by atoms with Crippen LogP contribution >= 0.6 is 0 Å². The summed E-state index contributed by atoms with van der Waals surface area (Å²) >= 11 is 0. The molecular formula is C14H11F2NO. The van der Waals surface area contributed by atoms with Gasteiger partial charge < -0.3 is 5.32 Å². The topological polar surface area (TPSA) is 29.1 Å². The summed E-state index contributed by atoms with van der Waals surface area (Å²) in [5.41, 5.74) is 1.12. The van der Waals surface area contributed by atoms with Gasteiger partial charge in [0.05, 0.1) is 5.56 Å². The molecule has 0 heterocycles. The minimum Gasteiger partial charge on any atom is -0.322 e. The molecule has 0 atom stereocenters. The Kier molecular flexibility index (Phi) is 3.37. The summed E-state index contributed by atoms with van der Waals surface area (Å²) in [6.07, 6.45) is 0. The maximum Gasteiger partial charge on any atom is 0.258 e. The molecule has 92 valence electrons. The average Bonchev–Trinajstić information content (AvgIpc) is 2.35. The van der Waals surface area contributed by atoms with Crippen LogP contribution in [0.1, 0.15) is 15.9 Å². The number of benzene rings is 2. The number of para-hydroxylation sites is 1. The van der Waals surface area contributed by atoms with Crippen LogP contribution < -0.4 is 5.32 Å². The maximum absolute atomic E-state index is 13.4. The van der Waals surface area contributed by atoms with Gasteiger partial charge in [-0.1, -0.05) is 24.3 Å². The average molecular weight is 247 g/mol. The maximum atomic E-state index is 13.4. The van der Waals surface area contributed by atoms with Crippen LogP contribution in [0.15, 0.2) is 42.5 Å². The number of halogens is 2. The van der Waals surface area contributed by atoms with Crippen LogP contribution in [0.5, 0.6) is 0 Å². The van der Waals surface area contributed by atoms with E-state index in [1.165, 1.54) is 12.1 Å². The number of anilines is 1. The molecule has 0 bridgehead atoms. The Bertz CT molecular complexity index is 596. The molecule has 4 heteroatoms. The molecule has 2 aromatic carbocycles. The van der Waals surface area contributed by atoms with Crippen LogP contribution in [-0.4, -0.2) is 5.91 Å². The predicted octanol–water partition coefficient (Wildman–Crippen LogP) is 3.53. The highest BCUT2D eigenvalue weighted by Crippen LogP contribution is 2.17. The van der Waals surface area contributed by atoms with Gasteiger partial charge in [-0.05, 0) is 30.7 Å². The van der Waals surface area contributed by atoms with E-state index in [9.17, 15) is 13.6 Å². The highest BCUT2D eigenvalue weighted by Gasteiger charge is 2.15. The number of hydrogen-bond acceptors (Lipinski definition) is 1. The highest BCUT2D eigenvalue weighted by atomic mass is 19.2. The van der Waals surface area contributed by atoms with Crippen LogP contribution in [0.4, 0.5) is 14.5 Å². The van der Waals surface area contributed by atoms with Crippen molar-refractivity contribution in [2.75, 3.05) is 5.32 Å². The van der Waals surface area contributed by atoms with Gasteiger partial charge in [-0.25, -0.2) is 8.78 Å². The Labute approximate surface area is 103 Å². The van der Waals surface area contributed by atoms with Gasteiger partial charge in [0.15, 0.2) is 11.6 Å². The van der Waals surface area contributed by atoms with E-state index in [4.69, 9.17) is 0 Å². The Morgan fingerprint density at radius 1 is 1.06 bits per heavy atom. The first-order chi connectivity index (χ1) is 8.59. The molecule has 2 aromatic rings. The van der Waals surface area contributed by atoms with E-state index in [-0.39, 0.29) is 5.56 Å². The molecule has 0 aromatic heterocycles. The van der Waals surface area contributed by atoms with Crippen molar-refractivity contribution >= 4 is 11.6 Å². The van der Waals surface area contributed by atoms with Gasteiger partial charge in [0, 0.05) is 5.69 Å². The van der Waals surface area contributed by atoms with Gasteiger partial charge >= 0.3 is 0 Å². The number of nitrogens with one attached hydrogen (secondary N) is 1. The molecule has 0 radical (unpaired) electrons. The standard InChI is InChI=1S/C14H11F2NO/c1-9-5-2-3-8-12(9)17-14(18)10-6-4-7-11(15)13(10)16/h2-8H,1H3,(H,17,18). The second-order valence-corrected chi connectivity index (χ2v) is 3.87. The quantitative estimate of drug-likeness (QED) is 0.864. The smallest absolute Gasteiger partial charge is 0.258 e. The minimum absolute atomic E-state index is 0.307. The third-order valence-corrected chi connectivity index (χ3v) is 2.59. The highest BCUT2D eigenvalue weighted by molar-refractivity contribution is 6.04. The lowest BCUT2D eigenvalue weighted by Crippen LogP contribution is -2.15. The zero-order chi connectivity index (χ0) is 13.1. The van der Waals surface area contributed by atoms with E-state index >= 15 is 0 Å². The first-order valence-electron chi connectivity index (χ1n) is 5.40. The molecule has 18 heavy (non-hydrogen) atoms. The summed E-state index contributed by atoms with van der Waals surface area (Å²) in [5, 5.41) is 2.55. The summed E-state index contributed by atoms with van der Waals surface area (Å²) in [6, 6.07) is 10.6. The number of hydrogen-bond donors (Lipinski definition) is 1. The van der Waals surface area contributed by atoms with E-state index in [1.807, 2.05) is 19.1 Å². The third kappa shape index (κ3) is 2.37. The molecular weight excluding hydrogens is 236 g/mol. The van der Waals surface area contributed by atoms with Crippen LogP contribution in [-0.2, 0) is 0 Å². The fraction of sp³-hybridized carbons (Fsp3) is 0.0714. The Morgan fingerprint density at radius 3 is 2.50 bits per heavy atom. The van der Waals surface area contributed by atoms with Gasteiger partial charge in [-0.2, -0.15) is 0 Å². The molecule has 0 spiro atoms. The molecule has 2 rings (SSSR count). The molecule has 0 aliphatic rings. The van der Waals surface area contributed by atoms with E-state index < -0.39 is 17.5 Å². The third-order valence-electron chi connectivity index (χ3n) is 2.59. The van der Waals surface area contributed by atoms with Crippen molar-refractivity contribution < 1.29 is 13.6 Å². The largest absolute Gasteiger partial charge is 0.322 e. The van der Waals surface area contributed by atoms with Crippen molar-refractivity contribution in [3.63, 3.8) is 0 Å². The van der Waals surface area contributed by atoms with Crippen molar-refractivity contribution in [2.45, 2.75) is 6.92 Å². The van der Waals surface area contributed by atoms with E-state index in [0.29, 0.717) is 5.69 Å². The number of carbonyl (C=O) groups is 1. The van der Waals surface area contributed by atoms with Crippen LogP contribution in [0.2, 0.25) is 0 Å². The summed E-state index contributed by atoms with van der Waals surface area (Å²) < 4.78 is 26.4. The van der Waals surface area contributed by atoms with E-state index in [0.717, 1.165) is 11.6 Å². The Morgan fingerprint density at radius 2 is 1.78 bits per heavy atom. The molecule has 0 aliphatic heterocycles. The second-order valence-electron chi connectivity index (χ2n) is 3.87. The second kappa shape index (κ2) is 4.96. The van der Waals surface area contributed by atoms with Crippen molar-refractivity contribution in [1.82, 2.24) is 0 Å². The van der Waals surface area contributed by atoms with E-state index in [2.05, 4.69) is 5.32 Å². The first kappa shape index (κ1) is 12.2. The number of carbonyl (C=O) groups excluding carboxylic acids is 1. The monoisotopic (exact) mass is 247 g/mol. The summed E-state index contributed by atoms with van der Waals surface area (Å²) in [6.45, 7) is 1.82. The van der Waals surface area contributed by atoms with Crippen molar-refractivity contribution in [3.8, 4) is 0 Å². The number of aryl methyl sites for hydroxylation is 1. The number of amides is 1. The van der Waals surface area contributed by atoms with Gasteiger partial charge in [-0.3, -0.25) is 4.79 Å². The molecule has 0 aliphatic carbocycles.